The highest BCUT2D eigenvalue weighted by atomic mass is 16.5. The number of nitrogens with zero attached hydrogens (tertiary/aromatic N) is 2. The van der Waals surface area contributed by atoms with Gasteiger partial charge in [-0.15, -0.1) is 0 Å². The van der Waals surface area contributed by atoms with E-state index in [1.54, 1.807) is 42.7 Å². The van der Waals surface area contributed by atoms with E-state index in [1.165, 1.54) is 21.3 Å². The van der Waals surface area contributed by atoms with Crippen molar-refractivity contribution in [2.75, 3.05) is 21.3 Å². The Labute approximate surface area is 200 Å². The molecule has 4 aromatic rings. The molecule has 1 amide bonds. The molecule has 2 heterocycles. The average Bonchev–Trinajstić information content (AvgIpc) is 3.31. The molecular formula is C25H24N4O6. The third-order valence-corrected chi connectivity index (χ3v) is 5.47. The minimum atomic E-state index is -1.19. The number of ether oxygens (including phenoxy) is 3. The molecule has 3 N–H and O–H groups in total. The molecule has 10 heteroatoms. The van der Waals surface area contributed by atoms with E-state index >= 15 is 0 Å². The van der Waals surface area contributed by atoms with Crippen molar-refractivity contribution in [2.45, 2.75) is 12.5 Å². The molecule has 0 fully saturated rings. The minimum absolute atomic E-state index is 0.0102. The summed E-state index contributed by atoms with van der Waals surface area (Å²) >= 11 is 0. The average molecular weight is 476 g/mol. The molecule has 10 nitrogen and oxygen atoms in total. The van der Waals surface area contributed by atoms with Crippen LogP contribution in [0.3, 0.4) is 0 Å². The van der Waals surface area contributed by atoms with Gasteiger partial charge in [0.15, 0.2) is 11.5 Å². The highest BCUT2D eigenvalue weighted by Crippen LogP contribution is 2.38. The number of methoxy groups -OCH3 is 3. The number of hydrogen-bond donors (Lipinski definition) is 3. The molecule has 0 bridgehead atoms. The van der Waals surface area contributed by atoms with Crippen LogP contribution in [0.5, 0.6) is 17.2 Å². The Kier molecular flexibility index (Phi) is 6.81. The summed E-state index contributed by atoms with van der Waals surface area (Å²) in [7, 11) is 4.43. The fourth-order valence-electron chi connectivity index (χ4n) is 3.73. The van der Waals surface area contributed by atoms with Crippen LogP contribution in [0.1, 0.15) is 15.9 Å². The monoisotopic (exact) mass is 476 g/mol. The van der Waals surface area contributed by atoms with Gasteiger partial charge in [0.1, 0.15) is 11.9 Å². The van der Waals surface area contributed by atoms with Crippen molar-refractivity contribution in [2.24, 2.45) is 0 Å². The van der Waals surface area contributed by atoms with Crippen molar-refractivity contribution in [1.29, 1.82) is 0 Å². The van der Waals surface area contributed by atoms with Crippen molar-refractivity contribution in [3.8, 4) is 28.6 Å². The molecule has 1 atom stereocenters. The quantitative estimate of drug-likeness (QED) is 0.335. The lowest BCUT2D eigenvalue weighted by atomic mass is 10.0. The van der Waals surface area contributed by atoms with E-state index in [-0.39, 0.29) is 6.42 Å². The number of aliphatic carboxylic acids is 1. The Morgan fingerprint density at radius 2 is 1.69 bits per heavy atom. The van der Waals surface area contributed by atoms with Crippen molar-refractivity contribution < 1.29 is 28.9 Å². The summed E-state index contributed by atoms with van der Waals surface area (Å²) in [5.41, 5.74) is 3.09. The van der Waals surface area contributed by atoms with Gasteiger partial charge in [-0.25, -0.2) is 9.78 Å². The van der Waals surface area contributed by atoms with Gasteiger partial charge in [0.05, 0.1) is 32.4 Å². The van der Waals surface area contributed by atoms with Crippen LogP contribution >= 0.6 is 0 Å². The molecule has 0 saturated carbocycles. The standard InChI is InChI=1S/C25H24N4O6/c1-33-20-11-14(12-21(34-2)22(20)35-3)10-19(25(31)32)29-24(30)16-4-5-17-18(13-16)28-23(27-17)15-6-8-26-9-7-15/h4-9,11-13,19H,10H2,1-3H3,(H,27,28)(H,29,30)(H,31,32). The number of carbonyl (C=O) groups excluding carboxylic acids is 1. The minimum Gasteiger partial charge on any atom is -0.493 e. The second-order valence-electron chi connectivity index (χ2n) is 7.66. The molecule has 0 aliphatic rings. The lowest BCUT2D eigenvalue weighted by Crippen LogP contribution is -2.42. The number of aromatic nitrogens is 3. The largest absolute Gasteiger partial charge is 0.493 e. The van der Waals surface area contributed by atoms with Crippen LogP contribution < -0.4 is 19.5 Å². The summed E-state index contributed by atoms with van der Waals surface area (Å²) < 4.78 is 16.0. The summed E-state index contributed by atoms with van der Waals surface area (Å²) in [6.07, 6.45) is 3.35. The zero-order chi connectivity index (χ0) is 24.9. The number of nitrogens with one attached hydrogen (secondary N) is 2. The molecule has 2 aromatic heterocycles. The van der Waals surface area contributed by atoms with E-state index in [0.29, 0.717) is 45.2 Å². The predicted molar refractivity (Wildman–Crippen MR) is 128 cm³/mol. The number of amides is 1. The Morgan fingerprint density at radius 1 is 1.00 bits per heavy atom. The van der Waals surface area contributed by atoms with Crippen LogP contribution in [-0.4, -0.2) is 59.3 Å². The van der Waals surface area contributed by atoms with Gasteiger partial charge in [0, 0.05) is 29.9 Å². The zero-order valence-corrected chi connectivity index (χ0v) is 19.4. The number of imidazole rings is 1. The van der Waals surface area contributed by atoms with Gasteiger partial charge >= 0.3 is 5.97 Å². The van der Waals surface area contributed by atoms with Crippen LogP contribution in [0.2, 0.25) is 0 Å². The highest BCUT2D eigenvalue weighted by molar-refractivity contribution is 5.99. The molecule has 1 unspecified atom stereocenters. The first kappa shape index (κ1) is 23.6. The van der Waals surface area contributed by atoms with Gasteiger partial charge in [-0.05, 0) is 48.0 Å². The molecule has 0 radical (unpaired) electrons. The first-order chi connectivity index (χ1) is 16.9. The number of H-pyrrole nitrogens is 1. The first-order valence-corrected chi connectivity index (χ1v) is 10.7. The number of carbonyl (C=O) groups is 2. The Balaban J connectivity index is 1.56. The third kappa shape index (κ3) is 5.01. The lowest BCUT2D eigenvalue weighted by Gasteiger charge is -2.18. The SMILES string of the molecule is COc1cc(CC(NC(=O)c2ccc3nc(-c4ccncc4)[nH]c3c2)C(=O)O)cc(OC)c1OC. The summed E-state index contributed by atoms with van der Waals surface area (Å²) in [4.78, 5) is 36.6. The summed E-state index contributed by atoms with van der Waals surface area (Å²) in [5, 5.41) is 12.4. The fraction of sp³-hybridized carbons (Fsp3) is 0.200. The molecule has 0 aliphatic carbocycles. The normalized spacial score (nSPS) is 11.6. The number of benzene rings is 2. The van der Waals surface area contributed by atoms with Crippen molar-refractivity contribution >= 4 is 22.9 Å². The Morgan fingerprint density at radius 3 is 2.29 bits per heavy atom. The molecule has 180 valence electrons. The number of fused-ring (bicyclic) bond motifs is 1. The maximum Gasteiger partial charge on any atom is 0.326 e. The number of carboxylic acid groups (broad SMARTS) is 1. The van der Waals surface area contributed by atoms with Gasteiger partial charge in [0.2, 0.25) is 5.75 Å². The number of rotatable bonds is 9. The molecule has 35 heavy (non-hydrogen) atoms. The van der Waals surface area contributed by atoms with Crippen LogP contribution in [0.4, 0.5) is 0 Å². The maximum atomic E-state index is 12.9. The van der Waals surface area contributed by atoms with E-state index in [9.17, 15) is 14.7 Å². The van der Waals surface area contributed by atoms with Gasteiger partial charge in [-0.2, -0.15) is 0 Å². The third-order valence-electron chi connectivity index (χ3n) is 5.47. The second-order valence-corrected chi connectivity index (χ2v) is 7.66. The Hall–Kier alpha value is -4.60. The van der Waals surface area contributed by atoms with Crippen molar-refractivity contribution in [3.63, 3.8) is 0 Å². The van der Waals surface area contributed by atoms with Gasteiger partial charge in [-0.3, -0.25) is 9.78 Å². The number of carboxylic acids is 1. The smallest absolute Gasteiger partial charge is 0.326 e. The van der Waals surface area contributed by atoms with Gasteiger partial charge in [0.25, 0.3) is 5.91 Å². The van der Waals surface area contributed by atoms with E-state index in [1.807, 2.05) is 12.1 Å². The second kappa shape index (κ2) is 10.1. The fourth-order valence-corrected chi connectivity index (χ4v) is 3.73. The molecule has 0 saturated heterocycles. The predicted octanol–water partition coefficient (Wildman–Crippen LogP) is 3.08. The van der Waals surface area contributed by atoms with Crippen LogP contribution in [0, 0.1) is 0 Å². The molecule has 2 aromatic carbocycles. The van der Waals surface area contributed by atoms with Crippen LogP contribution in [0.25, 0.3) is 22.4 Å². The van der Waals surface area contributed by atoms with E-state index < -0.39 is 17.9 Å². The molecule has 0 aliphatic heterocycles. The highest BCUT2D eigenvalue weighted by Gasteiger charge is 2.23. The lowest BCUT2D eigenvalue weighted by molar-refractivity contribution is -0.139. The van der Waals surface area contributed by atoms with Gasteiger partial charge < -0.3 is 29.6 Å². The van der Waals surface area contributed by atoms with E-state index in [4.69, 9.17) is 14.2 Å². The Bertz CT molecular complexity index is 1340. The topological polar surface area (TPSA) is 136 Å². The number of aromatic amines is 1. The van der Waals surface area contributed by atoms with Crippen LogP contribution in [-0.2, 0) is 11.2 Å². The summed E-state index contributed by atoms with van der Waals surface area (Å²) in [6.45, 7) is 0. The zero-order valence-electron chi connectivity index (χ0n) is 19.4. The molecule has 4 rings (SSSR count). The van der Waals surface area contributed by atoms with Crippen LogP contribution in [0.15, 0.2) is 54.9 Å². The van der Waals surface area contributed by atoms with Gasteiger partial charge in [-0.1, -0.05) is 0 Å². The van der Waals surface area contributed by atoms with Crippen molar-refractivity contribution in [3.05, 3.63) is 66.0 Å². The number of hydrogen-bond acceptors (Lipinski definition) is 7. The first-order valence-electron chi connectivity index (χ1n) is 10.7. The molecular weight excluding hydrogens is 452 g/mol. The maximum absolute atomic E-state index is 12.9. The van der Waals surface area contributed by atoms with E-state index in [2.05, 4.69) is 20.3 Å². The molecule has 0 spiro atoms. The summed E-state index contributed by atoms with van der Waals surface area (Å²) in [6, 6.07) is 10.7. The number of pyridine rings is 1. The van der Waals surface area contributed by atoms with E-state index in [0.717, 1.165) is 5.56 Å². The van der Waals surface area contributed by atoms with Crippen molar-refractivity contribution in [1.82, 2.24) is 20.3 Å². The summed E-state index contributed by atoms with van der Waals surface area (Å²) in [5.74, 6) is 0.139.